The van der Waals surface area contributed by atoms with Crippen LogP contribution in [0, 0.1) is 17.3 Å². The van der Waals surface area contributed by atoms with E-state index in [-0.39, 0.29) is 11.3 Å². The number of unbranched alkanes of at least 4 members (excludes halogenated alkanes) is 1. The molecule has 1 heterocycles. The summed E-state index contributed by atoms with van der Waals surface area (Å²) < 4.78 is 5.84. The fraction of sp³-hybridized carbons (Fsp3) is 0.682. The standard InChI is InChI=1S/C22H35NO3/c1-22(2,3)20(21(24)25)16-18-7-9-19(10-8-18)26-15-5-4-6-17-11-13-23-14-12-17/h7-10,17,20,23H,4-6,11-16H2,1-3H3,(H,24,25). The number of hydrogen-bond donors (Lipinski definition) is 2. The first-order chi connectivity index (χ1) is 12.4. The number of nitrogens with one attached hydrogen (secondary N) is 1. The number of rotatable bonds is 9. The highest BCUT2D eigenvalue weighted by atomic mass is 16.5. The van der Waals surface area contributed by atoms with Gasteiger partial charge in [-0.3, -0.25) is 4.79 Å². The molecule has 4 heteroatoms. The number of piperidine rings is 1. The molecule has 26 heavy (non-hydrogen) atoms. The summed E-state index contributed by atoms with van der Waals surface area (Å²) in [6.07, 6.45) is 6.82. The molecule has 1 aromatic rings. The van der Waals surface area contributed by atoms with Crippen molar-refractivity contribution in [3.05, 3.63) is 29.8 Å². The van der Waals surface area contributed by atoms with Crippen LogP contribution in [0.2, 0.25) is 0 Å². The van der Waals surface area contributed by atoms with Crippen LogP contribution in [-0.2, 0) is 11.2 Å². The quantitative estimate of drug-likeness (QED) is 0.635. The minimum atomic E-state index is -0.730. The van der Waals surface area contributed by atoms with Gasteiger partial charge in [-0.15, -0.1) is 0 Å². The zero-order chi connectivity index (χ0) is 19.0. The van der Waals surface area contributed by atoms with E-state index in [2.05, 4.69) is 5.32 Å². The number of aliphatic carboxylic acids is 1. The van der Waals surface area contributed by atoms with Gasteiger partial charge >= 0.3 is 5.97 Å². The molecular weight excluding hydrogens is 326 g/mol. The molecule has 2 N–H and O–H groups in total. The van der Waals surface area contributed by atoms with Gasteiger partial charge in [0.05, 0.1) is 12.5 Å². The van der Waals surface area contributed by atoms with Crippen molar-refractivity contribution in [3.8, 4) is 5.75 Å². The molecule has 1 saturated heterocycles. The molecule has 0 aromatic heterocycles. The Labute approximate surface area is 158 Å². The highest BCUT2D eigenvalue weighted by molar-refractivity contribution is 5.71. The first-order valence-electron chi connectivity index (χ1n) is 10.0. The van der Waals surface area contributed by atoms with Gasteiger partial charge in [0, 0.05) is 0 Å². The van der Waals surface area contributed by atoms with Gasteiger partial charge in [0.15, 0.2) is 0 Å². The van der Waals surface area contributed by atoms with Crippen LogP contribution >= 0.6 is 0 Å². The molecule has 1 fully saturated rings. The number of ether oxygens (including phenoxy) is 1. The summed E-state index contributed by atoms with van der Waals surface area (Å²) in [7, 11) is 0. The summed E-state index contributed by atoms with van der Waals surface area (Å²) >= 11 is 0. The van der Waals surface area contributed by atoms with Crippen LogP contribution in [0.1, 0.15) is 58.4 Å². The van der Waals surface area contributed by atoms with Crippen LogP contribution in [0.15, 0.2) is 24.3 Å². The minimum absolute atomic E-state index is 0.255. The average Bonchev–Trinajstić information content (AvgIpc) is 2.60. The largest absolute Gasteiger partial charge is 0.494 e. The summed E-state index contributed by atoms with van der Waals surface area (Å²) in [6.45, 7) is 9.04. The smallest absolute Gasteiger partial charge is 0.307 e. The van der Waals surface area contributed by atoms with Gasteiger partial charge in [-0.25, -0.2) is 0 Å². The van der Waals surface area contributed by atoms with Crippen LogP contribution in [-0.4, -0.2) is 30.8 Å². The fourth-order valence-electron chi connectivity index (χ4n) is 3.62. The molecule has 1 aliphatic heterocycles. The molecular formula is C22H35NO3. The molecule has 0 amide bonds. The van der Waals surface area contributed by atoms with Crippen molar-refractivity contribution in [2.24, 2.45) is 17.3 Å². The zero-order valence-electron chi connectivity index (χ0n) is 16.6. The molecule has 0 radical (unpaired) electrons. The van der Waals surface area contributed by atoms with Crippen LogP contribution < -0.4 is 10.1 Å². The maximum absolute atomic E-state index is 11.5. The Balaban J connectivity index is 1.70. The second-order valence-electron chi connectivity index (χ2n) is 8.64. The van der Waals surface area contributed by atoms with E-state index in [1.165, 1.54) is 38.8 Å². The lowest BCUT2D eigenvalue weighted by Gasteiger charge is -2.27. The second kappa shape index (κ2) is 9.96. The summed E-state index contributed by atoms with van der Waals surface area (Å²) in [5.74, 6) is 0.648. The van der Waals surface area contributed by atoms with Crippen LogP contribution in [0.5, 0.6) is 5.75 Å². The highest BCUT2D eigenvalue weighted by Crippen LogP contribution is 2.30. The Bertz CT molecular complexity index is 542. The van der Waals surface area contributed by atoms with Crippen molar-refractivity contribution in [1.82, 2.24) is 5.32 Å². The molecule has 1 aliphatic rings. The van der Waals surface area contributed by atoms with Gasteiger partial charge in [-0.2, -0.15) is 0 Å². The SMILES string of the molecule is CC(C)(C)C(Cc1ccc(OCCCCC2CCNCC2)cc1)C(=O)O. The molecule has 4 nitrogen and oxygen atoms in total. The van der Waals surface area contributed by atoms with Crippen molar-refractivity contribution >= 4 is 5.97 Å². The Morgan fingerprint density at radius 3 is 2.42 bits per heavy atom. The summed E-state index contributed by atoms with van der Waals surface area (Å²) in [5.41, 5.74) is 0.792. The van der Waals surface area contributed by atoms with E-state index in [4.69, 9.17) is 4.74 Å². The monoisotopic (exact) mass is 361 g/mol. The van der Waals surface area contributed by atoms with Crippen LogP contribution in [0.25, 0.3) is 0 Å². The van der Waals surface area contributed by atoms with Gasteiger partial charge in [0.1, 0.15) is 5.75 Å². The number of carbonyl (C=O) groups is 1. The third kappa shape index (κ3) is 6.99. The highest BCUT2D eigenvalue weighted by Gasteiger charge is 2.31. The third-order valence-corrected chi connectivity index (χ3v) is 5.44. The lowest BCUT2D eigenvalue weighted by Crippen LogP contribution is -2.30. The third-order valence-electron chi connectivity index (χ3n) is 5.44. The van der Waals surface area contributed by atoms with Gasteiger partial charge < -0.3 is 15.2 Å². The molecule has 1 aromatic carbocycles. The zero-order valence-corrected chi connectivity index (χ0v) is 16.6. The molecule has 146 valence electrons. The molecule has 0 aliphatic carbocycles. The predicted octanol–water partition coefficient (Wildman–Crippen LogP) is 4.52. The van der Waals surface area contributed by atoms with Crippen molar-refractivity contribution in [2.75, 3.05) is 19.7 Å². The number of carboxylic acids is 1. The molecule has 1 atom stereocenters. The Kier molecular flexibility index (Phi) is 7.95. The maximum Gasteiger partial charge on any atom is 0.307 e. The molecule has 0 spiro atoms. The average molecular weight is 362 g/mol. The van der Waals surface area contributed by atoms with E-state index in [1.807, 2.05) is 45.0 Å². The summed E-state index contributed by atoms with van der Waals surface area (Å²) in [4.78, 5) is 11.5. The normalized spacial score (nSPS) is 17.0. The predicted molar refractivity (Wildman–Crippen MR) is 106 cm³/mol. The van der Waals surface area contributed by atoms with Gasteiger partial charge in [-0.05, 0) is 74.2 Å². The van der Waals surface area contributed by atoms with E-state index >= 15 is 0 Å². The van der Waals surface area contributed by atoms with Crippen LogP contribution in [0.3, 0.4) is 0 Å². The minimum Gasteiger partial charge on any atom is -0.494 e. The van der Waals surface area contributed by atoms with E-state index in [0.29, 0.717) is 6.42 Å². The van der Waals surface area contributed by atoms with Crippen molar-refractivity contribution in [2.45, 2.75) is 59.3 Å². The second-order valence-corrected chi connectivity index (χ2v) is 8.64. The first-order valence-corrected chi connectivity index (χ1v) is 10.0. The fourth-order valence-corrected chi connectivity index (χ4v) is 3.62. The Hall–Kier alpha value is -1.55. The number of carboxylic acid groups (broad SMARTS) is 1. The summed E-state index contributed by atoms with van der Waals surface area (Å²) in [5, 5.41) is 12.9. The van der Waals surface area contributed by atoms with Crippen molar-refractivity contribution in [1.29, 1.82) is 0 Å². The Morgan fingerprint density at radius 2 is 1.85 bits per heavy atom. The summed E-state index contributed by atoms with van der Waals surface area (Å²) in [6, 6.07) is 7.91. The van der Waals surface area contributed by atoms with Crippen molar-refractivity contribution < 1.29 is 14.6 Å². The topological polar surface area (TPSA) is 58.6 Å². The van der Waals surface area contributed by atoms with E-state index in [9.17, 15) is 9.90 Å². The molecule has 0 saturated carbocycles. The van der Waals surface area contributed by atoms with Crippen molar-refractivity contribution in [3.63, 3.8) is 0 Å². The molecule has 1 unspecified atom stereocenters. The maximum atomic E-state index is 11.5. The van der Waals surface area contributed by atoms with Gasteiger partial charge in [0.2, 0.25) is 0 Å². The van der Waals surface area contributed by atoms with Gasteiger partial charge in [-0.1, -0.05) is 39.3 Å². The van der Waals surface area contributed by atoms with Crippen LogP contribution in [0.4, 0.5) is 0 Å². The lowest BCUT2D eigenvalue weighted by molar-refractivity contribution is -0.145. The molecule has 0 bridgehead atoms. The van der Waals surface area contributed by atoms with E-state index < -0.39 is 5.97 Å². The van der Waals surface area contributed by atoms with Gasteiger partial charge in [0.25, 0.3) is 0 Å². The Morgan fingerprint density at radius 1 is 1.19 bits per heavy atom. The molecule has 2 rings (SSSR count). The lowest BCUT2D eigenvalue weighted by atomic mass is 9.77. The number of benzene rings is 1. The van der Waals surface area contributed by atoms with E-state index in [0.717, 1.165) is 30.3 Å². The van der Waals surface area contributed by atoms with E-state index in [1.54, 1.807) is 0 Å². The number of hydrogen-bond acceptors (Lipinski definition) is 3. The first kappa shape index (κ1) is 20.8.